The fraction of sp³-hybridized carbons (Fsp3) is 0.393. The summed E-state index contributed by atoms with van der Waals surface area (Å²) in [4.78, 5) is 52.6. The molecule has 3 aromatic rings. The molecule has 2 aliphatic heterocycles. The van der Waals surface area contributed by atoms with Gasteiger partial charge in [0.25, 0.3) is 11.8 Å². The van der Waals surface area contributed by atoms with Crippen LogP contribution < -0.4 is 10.6 Å². The van der Waals surface area contributed by atoms with Crippen LogP contribution >= 0.6 is 0 Å². The van der Waals surface area contributed by atoms with E-state index in [-0.39, 0.29) is 30.0 Å². The molecule has 1 saturated carbocycles. The lowest BCUT2D eigenvalue weighted by molar-refractivity contribution is -0.136. The number of benzene rings is 2. The molecule has 2 fully saturated rings. The number of aromatic nitrogens is 4. The van der Waals surface area contributed by atoms with E-state index in [0.717, 1.165) is 23.3 Å². The van der Waals surface area contributed by atoms with Crippen LogP contribution in [0.3, 0.4) is 0 Å². The second-order valence-electron chi connectivity index (χ2n) is 10.5. The lowest BCUT2D eigenvalue weighted by Crippen LogP contribution is -2.54. The molecule has 0 spiro atoms. The van der Waals surface area contributed by atoms with Gasteiger partial charge in [-0.1, -0.05) is 42.5 Å². The number of hydrogen-bond acceptors (Lipinski definition) is 9. The summed E-state index contributed by atoms with van der Waals surface area (Å²) in [6.07, 6.45) is 1.91. The largest absolute Gasteiger partial charge is 0.384 e. The van der Waals surface area contributed by atoms with Gasteiger partial charge in [-0.25, -0.2) is 4.68 Å². The molecule has 0 bridgehead atoms. The molecule has 3 aliphatic rings. The van der Waals surface area contributed by atoms with Crippen LogP contribution in [0.4, 0.5) is 0 Å². The zero-order valence-electron chi connectivity index (χ0n) is 21.9. The van der Waals surface area contributed by atoms with Crippen LogP contribution in [0.25, 0.3) is 0 Å². The second kappa shape index (κ2) is 10.7. The van der Waals surface area contributed by atoms with E-state index in [0.29, 0.717) is 30.5 Å². The van der Waals surface area contributed by atoms with Crippen molar-refractivity contribution in [2.45, 2.75) is 50.4 Å². The molecule has 2 aromatic carbocycles. The fourth-order valence-corrected chi connectivity index (χ4v) is 5.85. The van der Waals surface area contributed by atoms with Gasteiger partial charge < -0.3 is 10.1 Å². The summed E-state index contributed by atoms with van der Waals surface area (Å²) in [7, 11) is 1.69. The number of fused-ring (bicyclic) bond motifs is 1. The van der Waals surface area contributed by atoms with Crippen molar-refractivity contribution in [2.75, 3.05) is 13.7 Å². The Morgan fingerprint density at radius 1 is 1.05 bits per heavy atom. The molecular formula is C28H29N7O5. The van der Waals surface area contributed by atoms with E-state index in [1.165, 1.54) is 0 Å². The van der Waals surface area contributed by atoms with Crippen LogP contribution in [0.5, 0.6) is 0 Å². The van der Waals surface area contributed by atoms with Gasteiger partial charge in [-0.05, 0) is 52.8 Å². The number of nitrogens with zero attached hydrogens (tertiary/aromatic N) is 5. The van der Waals surface area contributed by atoms with E-state index < -0.39 is 35.7 Å². The third-order valence-electron chi connectivity index (χ3n) is 7.84. The Balaban J connectivity index is 1.37. The third kappa shape index (κ3) is 4.69. The Morgan fingerprint density at radius 3 is 2.60 bits per heavy atom. The van der Waals surface area contributed by atoms with Crippen molar-refractivity contribution in [3.05, 3.63) is 76.6 Å². The maximum atomic E-state index is 13.8. The summed E-state index contributed by atoms with van der Waals surface area (Å²) in [6, 6.07) is 13.4. The van der Waals surface area contributed by atoms with Gasteiger partial charge in [-0.15, -0.1) is 5.10 Å². The van der Waals surface area contributed by atoms with E-state index in [2.05, 4.69) is 26.2 Å². The molecule has 12 heteroatoms. The highest BCUT2D eigenvalue weighted by molar-refractivity contribution is 6.24. The van der Waals surface area contributed by atoms with Crippen LogP contribution in [0.1, 0.15) is 69.4 Å². The summed E-state index contributed by atoms with van der Waals surface area (Å²) in [6.45, 7) is 1.09. The molecule has 0 radical (unpaired) electrons. The minimum absolute atomic E-state index is 0.0550. The highest BCUT2D eigenvalue weighted by atomic mass is 16.5. The van der Waals surface area contributed by atoms with E-state index in [1.807, 2.05) is 30.3 Å². The van der Waals surface area contributed by atoms with E-state index in [4.69, 9.17) is 4.74 Å². The summed E-state index contributed by atoms with van der Waals surface area (Å²) < 4.78 is 7.00. The van der Waals surface area contributed by atoms with Gasteiger partial charge in [0, 0.05) is 26.2 Å². The highest BCUT2D eigenvalue weighted by Crippen LogP contribution is 2.37. The van der Waals surface area contributed by atoms with Crippen LogP contribution in [0.15, 0.2) is 48.5 Å². The minimum atomic E-state index is -1.05. The number of ether oxygens (including phenoxy) is 1. The quantitative estimate of drug-likeness (QED) is 0.380. The number of nitrogens with one attached hydrogen (secondary N) is 2. The molecule has 1 aromatic heterocycles. The number of imide groups is 2. The first-order chi connectivity index (χ1) is 19.4. The molecular weight excluding hydrogens is 514 g/mol. The molecule has 40 heavy (non-hydrogen) atoms. The molecule has 3 heterocycles. The standard InChI is InChI=1S/C28H29N7O5/c1-40-15-17-12-18(13-17)29-24(25-31-32-33-34(25)14-16-6-3-2-4-7-16)19-8-5-9-20-23(19)28(39)35(27(20)38)21-10-11-22(36)30-26(21)37/h2-9,17-18,21,24,29H,10-15H2,1H3,(H,30,36,37). The molecule has 2 unspecified atom stereocenters. The number of tetrazole rings is 1. The van der Waals surface area contributed by atoms with Crippen molar-refractivity contribution in [1.82, 2.24) is 35.7 Å². The summed E-state index contributed by atoms with van der Waals surface area (Å²) in [5, 5.41) is 18.4. The first kappa shape index (κ1) is 26.0. The molecule has 1 saturated heterocycles. The van der Waals surface area contributed by atoms with Crippen LogP contribution in [-0.4, -0.2) is 74.5 Å². The molecule has 2 N–H and O–H groups in total. The van der Waals surface area contributed by atoms with Crippen LogP contribution in [0.2, 0.25) is 0 Å². The number of carbonyl (C=O) groups is 4. The van der Waals surface area contributed by atoms with Crippen molar-refractivity contribution in [2.24, 2.45) is 5.92 Å². The Hall–Kier alpha value is -4.29. The lowest BCUT2D eigenvalue weighted by Gasteiger charge is -2.38. The minimum Gasteiger partial charge on any atom is -0.384 e. The Bertz CT molecular complexity index is 1470. The molecule has 1 aliphatic carbocycles. The van der Waals surface area contributed by atoms with E-state index in [1.54, 1.807) is 30.0 Å². The SMILES string of the molecule is COCC1CC(NC(c2cccc3c2C(=O)N(C2CCC(=O)NC2=O)C3=O)c2nnnn2Cc2ccccc2)C1. The van der Waals surface area contributed by atoms with Gasteiger partial charge in [0.15, 0.2) is 5.82 Å². The first-order valence-electron chi connectivity index (χ1n) is 13.3. The van der Waals surface area contributed by atoms with Crippen molar-refractivity contribution in [3.63, 3.8) is 0 Å². The predicted molar refractivity (Wildman–Crippen MR) is 140 cm³/mol. The molecule has 12 nitrogen and oxygen atoms in total. The van der Waals surface area contributed by atoms with Crippen molar-refractivity contribution in [1.29, 1.82) is 0 Å². The number of piperidine rings is 1. The van der Waals surface area contributed by atoms with Gasteiger partial charge >= 0.3 is 0 Å². The van der Waals surface area contributed by atoms with Gasteiger partial charge in [0.1, 0.15) is 6.04 Å². The lowest BCUT2D eigenvalue weighted by atomic mass is 9.80. The number of carbonyl (C=O) groups excluding carboxylic acids is 4. The van der Waals surface area contributed by atoms with Crippen molar-refractivity contribution in [3.8, 4) is 0 Å². The monoisotopic (exact) mass is 543 g/mol. The Morgan fingerprint density at radius 2 is 1.85 bits per heavy atom. The first-order valence-corrected chi connectivity index (χ1v) is 13.3. The molecule has 6 rings (SSSR count). The van der Waals surface area contributed by atoms with Gasteiger partial charge in [-0.3, -0.25) is 29.4 Å². The topological polar surface area (TPSA) is 148 Å². The zero-order valence-corrected chi connectivity index (χ0v) is 21.9. The molecule has 2 atom stereocenters. The normalized spacial score (nSPS) is 23.1. The second-order valence-corrected chi connectivity index (χ2v) is 10.5. The average molecular weight is 544 g/mol. The van der Waals surface area contributed by atoms with Crippen molar-refractivity contribution >= 4 is 23.6 Å². The highest BCUT2D eigenvalue weighted by Gasteiger charge is 2.47. The number of rotatable bonds is 9. The maximum absolute atomic E-state index is 13.8. The zero-order chi connectivity index (χ0) is 27.8. The smallest absolute Gasteiger partial charge is 0.262 e. The Kier molecular flexibility index (Phi) is 6.95. The number of amides is 4. The van der Waals surface area contributed by atoms with Crippen LogP contribution in [0, 0.1) is 5.92 Å². The summed E-state index contributed by atoms with van der Waals surface area (Å²) in [5.41, 5.74) is 2.00. The number of hydrogen-bond donors (Lipinski definition) is 2. The summed E-state index contributed by atoms with van der Waals surface area (Å²) in [5.74, 6) is -1.25. The summed E-state index contributed by atoms with van der Waals surface area (Å²) >= 11 is 0. The fourth-order valence-electron chi connectivity index (χ4n) is 5.85. The van der Waals surface area contributed by atoms with Crippen LogP contribution in [-0.2, 0) is 20.9 Å². The van der Waals surface area contributed by atoms with E-state index in [9.17, 15) is 19.2 Å². The van der Waals surface area contributed by atoms with Crippen molar-refractivity contribution < 1.29 is 23.9 Å². The Labute approximate surface area is 230 Å². The van der Waals surface area contributed by atoms with E-state index >= 15 is 0 Å². The van der Waals surface area contributed by atoms with Gasteiger partial charge in [-0.2, -0.15) is 0 Å². The average Bonchev–Trinajstić information content (AvgIpc) is 3.48. The third-order valence-corrected chi connectivity index (χ3v) is 7.84. The van der Waals surface area contributed by atoms with Gasteiger partial charge in [0.05, 0.1) is 23.7 Å². The maximum Gasteiger partial charge on any atom is 0.262 e. The molecule has 4 amide bonds. The van der Waals surface area contributed by atoms with Gasteiger partial charge in [0.2, 0.25) is 11.8 Å². The predicted octanol–water partition coefficient (Wildman–Crippen LogP) is 1.23. The molecule has 206 valence electrons. The number of methoxy groups -OCH3 is 1.